The second-order valence-corrected chi connectivity index (χ2v) is 6.53. The highest BCUT2D eigenvalue weighted by atomic mass is 35.5. The van der Waals surface area contributed by atoms with Crippen molar-refractivity contribution in [3.63, 3.8) is 0 Å². The molecule has 2 aliphatic rings. The molecule has 0 bridgehead atoms. The highest BCUT2D eigenvalue weighted by molar-refractivity contribution is 6.30. The van der Waals surface area contributed by atoms with Crippen LogP contribution in [0.3, 0.4) is 0 Å². The molecule has 1 aliphatic carbocycles. The molecule has 2 amide bonds. The van der Waals surface area contributed by atoms with Crippen molar-refractivity contribution in [1.82, 2.24) is 10.2 Å². The molecule has 21 heavy (non-hydrogen) atoms. The van der Waals surface area contributed by atoms with Crippen LogP contribution in [0.15, 0.2) is 24.3 Å². The summed E-state index contributed by atoms with van der Waals surface area (Å²) in [5.41, 5.74) is 1.19. The van der Waals surface area contributed by atoms with Gasteiger partial charge in [0.1, 0.15) is 0 Å². The Morgan fingerprint density at radius 3 is 3.10 bits per heavy atom. The van der Waals surface area contributed by atoms with Gasteiger partial charge in [0, 0.05) is 36.7 Å². The van der Waals surface area contributed by atoms with Crippen molar-refractivity contribution in [2.75, 3.05) is 19.7 Å². The second-order valence-electron chi connectivity index (χ2n) is 6.09. The Morgan fingerprint density at radius 2 is 2.33 bits per heavy atom. The molecular weight excluding hydrogens is 288 g/mol. The molecule has 0 radical (unpaired) electrons. The van der Waals surface area contributed by atoms with Crippen LogP contribution in [-0.2, 0) is 0 Å². The highest BCUT2D eigenvalue weighted by Crippen LogP contribution is 2.41. The van der Waals surface area contributed by atoms with Gasteiger partial charge >= 0.3 is 6.03 Å². The molecule has 3 unspecified atom stereocenters. The normalized spacial score (nSPS) is 28.3. The lowest BCUT2D eigenvalue weighted by molar-refractivity contribution is 0.129. The molecule has 2 fully saturated rings. The Kier molecular flexibility index (Phi) is 4.36. The van der Waals surface area contributed by atoms with Gasteiger partial charge in [0.2, 0.25) is 0 Å². The summed E-state index contributed by atoms with van der Waals surface area (Å²) in [5.74, 6) is 0.610. The largest absolute Gasteiger partial charge is 0.396 e. The topological polar surface area (TPSA) is 52.6 Å². The van der Waals surface area contributed by atoms with Crippen LogP contribution < -0.4 is 5.32 Å². The van der Waals surface area contributed by atoms with Gasteiger partial charge in [-0.15, -0.1) is 0 Å². The van der Waals surface area contributed by atoms with Crippen LogP contribution in [0.25, 0.3) is 0 Å². The fraction of sp³-hybridized carbons (Fsp3) is 0.562. The minimum Gasteiger partial charge on any atom is -0.396 e. The predicted molar refractivity (Wildman–Crippen MR) is 82.5 cm³/mol. The number of piperidine rings is 1. The first kappa shape index (κ1) is 14.7. The molecule has 1 aromatic carbocycles. The molecule has 1 heterocycles. The van der Waals surface area contributed by atoms with E-state index in [4.69, 9.17) is 11.6 Å². The van der Waals surface area contributed by atoms with E-state index in [0.29, 0.717) is 12.5 Å². The van der Waals surface area contributed by atoms with Crippen LogP contribution in [0.5, 0.6) is 0 Å². The molecule has 1 saturated heterocycles. The minimum atomic E-state index is 0.00248. The van der Waals surface area contributed by atoms with Gasteiger partial charge in [-0.3, -0.25) is 0 Å². The van der Waals surface area contributed by atoms with E-state index < -0.39 is 0 Å². The molecule has 3 atom stereocenters. The quantitative estimate of drug-likeness (QED) is 0.902. The first-order chi connectivity index (χ1) is 10.2. The maximum Gasteiger partial charge on any atom is 0.317 e. The summed E-state index contributed by atoms with van der Waals surface area (Å²) in [6.07, 6.45) is 2.96. The summed E-state index contributed by atoms with van der Waals surface area (Å²) in [6.45, 7) is 1.62. The highest BCUT2D eigenvalue weighted by Gasteiger charge is 2.40. The van der Waals surface area contributed by atoms with Gasteiger partial charge in [-0.1, -0.05) is 23.7 Å². The summed E-state index contributed by atoms with van der Waals surface area (Å²) < 4.78 is 0. The number of urea groups is 1. The van der Waals surface area contributed by atoms with Gasteiger partial charge in [0.05, 0.1) is 0 Å². The van der Waals surface area contributed by atoms with E-state index in [-0.39, 0.29) is 24.6 Å². The summed E-state index contributed by atoms with van der Waals surface area (Å²) in [6, 6.07) is 8.06. The number of rotatable bonds is 3. The van der Waals surface area contributed by atoms with Crippen molar-refractivity contribution >= 4 is 17.6 Å². The van der Waals surface area contributed by atoms with Crippen LogP contribution in [0.2, 0.25) is 5.02 Å². The predicted octanol–water partition coefficient (Wildman–Crippen LogP) is 2.61. The standard InChI is InChI=1S/C16H21ClN2O2/c17-13-5-1-4-12(7-13)14-8-15(14)18-16(21)19-6-2-3-11(9-19)10-20/h1,4-5,7,11,14-15,20H,2-3,6,8-10H2,(H,18,21). The van der Waals surface area contributed by atoms with Crippen molar-refractivity contribution in [3.8, 4) is 0 Å². The number of halogens is 1. The average Bonchev–Trinajstić information content (AvgIpc) is 3.26. The Morgan fingerprint density at radius 1 is 1.48 bits per heavy atom. The summed E-state index contributed by atoms with van der Waals surface area (Å²) in [5, 5.41) is 13.1. The van der Waals surface area contributed by atoms with E-state index in [0.717, 1.165) is 30.8 Å². The number of nitrogens with one attached hydrogen (secondary N) is 1. The Hall–Kier alpha value is -1.26. The van der Waals surface area contributed by atoms with E-state index in [9.17, 15) is 9.90 Å². The first-order valence-electron chi connectivity index (χ1n) is 7.59. The molecule has 1 aliphatic heterocycles. The summed E-state index contributed by atoms with van der Waals surface area (Å²) >= 11 is 6.00. The lowest BCUT2D eigenvalue weighted by atomic mass is 9.99. The van der Waals surface area contributed by atoms with Crippen molar-refractivity contribution in [1.29, 1.82) is 0 Å². The molecule has 3 rings (SSSR count). The van der Waals surface area contributed by atoms with Gasteiger partial charge in [-0.25, -0.2) is 4.79 Å². The first-order valence-corrected chi connectivity index (χ1v) is 7.97. The number of nitrogens with zero attached hydrogens (tertiary/aromatic N) is 1. The van der Waals surface area contributed by atoms with Crippen LogP contribution >= 0.6 is 11.6 Å². The number of carbonyl (C=O) groups is 1. The molecule has 0 spiro atoms. The molecule has 0 aromatic heterocycles. The van der Waals surface area contributed by atoms with Gasteiger partial charge in [-0.2, -0.15) is 0 Å². The number of likely N-dealkylation sites (tertiary alicyclic amines) is 1. The Bertz CT molecular complexity index is 523. The molecule has 5 heteroatoms. The van der Waals surface area contributed by atoms with Crippen LogP contribution in [0, 0.1) is 5.92 Å². The van der Waals surface area contributed by atoms with Crippen LogP contribution in [0.1, 0.15) is 30.7 Å². The van der Waals surface area contributed by atoms with Gasteiger partial charge < -0.3 is 15.3 Å². The lowest BCUT2D eigenvalue weighted by Crippen LogP contribution is -2.47. The Balaban J connectivity index is 1.53. The number of hydrogen-bond donors (Lipinski definition) is 2. The van der Waals surface area contributed by atoms with E-state index in [2.05, 4.69) is 11.4 Å². The number of aliphatic hydroxyl groups excluding tert-OH is 1. The molecule has 114 valence electrons. The zero-order valence-corrected chi connectivity index (χ0v) is 12.7. The summed E-state index contributed by atoms with van der Waals surface area (Å²) in [4.78, 5) is 14.1. The zero-order chi connectivity index (χ0) is 14.8. The van der Waals surface area contributed by atoms with E-state index in [1.54, 1.807) is 0 Å². The maximum atomic E-state index is 12.3. The van der Waals surface area contributed by atoms with E-state index in [1.165, 1.54) is 5.56 Å². The summed E-state index contributed by atoms with van der Waals surface area (Å²) in [7, 11) is 0. The molecule has 1 aromatic rings. The fourth-order valence-electron chi connectivity index (χ4n) is 3.11. The second kappa shape index (κ2) is 6.24. The number of amides is 2. The van der Waals surface area contributed by atoms with Crippen molar-refractivity contribution < 1.29 is 9.90 Å². The number of carbonyl (C=O) groups excluding carboxylic acids is 1. The Labute approximate surface area is 130 Å². The molecule has 1 saturated carbocycles. The third-order valence-corrected chi connectivity index (χ3v) is 4.68. The van der Waals surface area contributed by atoms with Gasteiger partial charge in [0.25, 0.3) is 0 Å². The SMILES string of the molecule is O=C(NC1CC1c1cccc(Cl)c1)N1CCCC(CO)C1. The van der Waals surface area contributed by atoms with Crippen molar-refractivity contribution in [2.24, 2.45) is 5.92 Å². The van der Waals surface area contributed by atoms with Crippen LogP contribution in [0.4, 0.5) is 4.79 Å². The van der Waals surface area contributed by atoms with E-state index in [1.807, 2.05) is 23.1 Å². The average molecular weight is 309 g/mol. The molecule has 2 N–H and O–H groups in total. The number of aliphatic hydroxyl groups is 1. The van der Waals surface area contributed by atoms with Crippen molar-refractivity contribution in [3.05, 3.63) is 34.9 Å². The third kappa shape index (κ3) is 3.50. The van der Waals surface area contributed by atoms with Gasteiger partial charge in [-0.05, 0) is 42.9 Å². The smallest absolute Gasteiger partial charge is 0.317 e. The lowest BCUT2D eigenvalue weighted by Gasteiger charge is -2.31. The molecular formula is C16H21ClN2O2. The van der Waals surface area contributed by atoms with Gasteiger partial charge in [0.15, 0.2) is 0 Å². The van der Waals surface area contributed by atoms with E-state index >= 15 is 0 Å². The zero-order valence-electron chi connectivity index (χ0n) is 12.0. The number of benzene rings is 1. The van der Waals surface area contributed by atoms with Crippen molar-refractivity contribution in [2.45, 2.75) is 31.2 Å². The molecule has 4 nitrogen and oxygen atoms in total. The van der Waals surface area contributed by atoms with Crippen LogP contribution in [-0.4, -0.2) is 41.8 Å². The third-order valence-electron chi connectivity index (χ3n) is 4.44. The fourth-order valence-corrected chi connectivity index (χ4v) is 3.31. The maximum absolute atomic E-state index is 12.3. The minimum absolute atomic E-state index is 0.00248. The monoisotopic (exact) mass is 308 g/mol. The number of hydrogen-bond acceptors (Lipinski definition) is 2.